The summed E-state index contributed by atoms with van der Waals surface area (Å²) in [4.78, 5) is 0.229. The number of benzene rings is 3. The average Bonchev–Trinajstić information content (AvgIpc) is 2.62. The minimum absolute atomic E-state index is 0.185. The van der Waals surface area contributed by atoms with Crippen molar-refractivity contribution in [2.24, 2.45) is 0 Å². The molecule has 128 valence electrons. The Morgan fingerprint density at radius 3 is 2.24 bits per heavy atom. The van der Waals surface area contributed by atoms with E-state index in [4.69, 9.17) is 4.74 Å². The maximum absolute atomic E-state index is 12.3. The molecule has 0 spiro atoms. The highest BCUT2D eigenvalue weighted by Gasteiger charge is 2.13. The Morgan fingerprint density at radius 1 is 0.840 bits per heavy atom. The van der Waals surface area contributed by atoms with Gasteiger partial charge < -0.3 is 4.74 Å². The van der Waals surface area contributed by atoms with Crippen LogP contribution in [0.1, 0.15) is 5.56 Å². The van der Waals surface area contributed by atoms with Crippen LogP contribution in [-0.2, 0) is 16.6 Å². The standard InChI is InChI=1S/C19H16BrNO3S/c20-16-9-11-19(12-10-16)25(22,23)21-14-15-5-4-8-18(13-15)24-17-6-2-1-3-7-17/h1-13,21H,14H2. The number of hydrogen-bond acceptors (Lipinski definition) is 3. The first-order valence-corrected chi connectivity index (χ1v) is 9.88. The molecule has 4 nitrogen and oxygen atoms in total. The summed E-state index contributed by atoms with van der Waals surface area (Å²) in [7, 11) is -3.56. The van der Waals surface area contributed by atoms with Crippen LogP contribution in [-0.4, -0.2) is 8.42 Å². The molecule has 3 rings (SSSR count). The predicted molar refractivity (Wildman–Crippen MR) is 101 cm³/mol. The molecular formula is C19H16BrNO3S. The van der Waals surface area contributed by atoms with Gasteiger partial charge in [-0.15, -0.1) is 0 Å². The van der Waals surface area contributed by atoms with E-state index in [-0.39, 0.29) is 11.4 Å². The van der Waals surface area contributed by atoms with E-state index in [9.17, 15) is 8.42 Å². The van der Waals surface area contributed by atoms with Gasteiger partial charge in [-0.2, -0.15) is 0 Å². The van der Waals surface area contributed by atoms with E-state index in [0.29, 0.717) is 5.75 Å². The third-order valence-electron chi connectivity index (χ3n) is 3.47. The van der Waals surface area contributed by atoms with Crippen LogP contribution >= 0.6 is 15.9 Å². The SMILES string of the molecule is O=S(=O)(NCc1cccc(Oc2ccccc2)c1)c1ccc(Br)cc1. The zero-order valence-electron chi connectivity index (χ0n) is 13.2. The van der Waals surface area contributed by atoms with Crippen LogP contribution in [0.15, 0.2) is 88.2 Å². The fourth-order valence-electron chi connectivity index (χ4n) is 2.22. The first kappa shape index (κ1) is 17.7. The van der Waals surface area contributed by atoms with E-state index in [2.05, 4.69) is 20.7 Å². The number of rotatable bonds is 6. The van der Waals surface area contributed by atoms with Gasteiger partial charge >= 0.3 is 0 Å². The van der Waals surface area contributed by atoms with Crippen molar-refractivity contribution in [2.45, 2.75) is 11.4 Å². The van der Waals surface area contributed by atoms with Gasteiger partial charge in [0, 0.05) is 11.0 Å². The van der Waals surface area contributed by atoms with Gasteiger partial charge in [-0.1, -0.05) is 46.3 Å². The summed E-state index contributed by atoms with van der Waals surface area (Å²) in [6.45, 7) is 0.185. The molecule has 0 aliphatic heterocycles. The second kappa shape index (κ2) is 7.82. The lowest BCUT2D eigenvalue weighted by molar-refractivity contribution is 0.482. The third kappa shape index (κ3) is 4.92. The maximum atomic E-state index is 12.3. The predicted octanol–water partition coefficient (Wildman–Crippen LogP) is 4.72. The zero-order valence-corrected chi connectivity index (χ0v) is 15.6. The number of para-hydroxylation sites is 1. The molecule has 0 saturated heterocycles. The molecule has 6 heteroatoms. The summed E-state index contributed by atoms with van der Waals surface area (Å²) in [6.07, 6.45) is 0. The Morgan fingerprint density at radius 2 is 1.52 bits per heavy atom. The van der Waals surface area contributed by atoms with Crippen LogP contribution in [0.5, 0.6) is 11.5 Å². The largest absolute Gasteiger partial charge is 0.457 e. The zero-order chi connectivity index (χ0) is 17.7. The second-order valence-corrected chi connectivity index (χ2v) is 8.02. The van der Waals surface area contributed by atoms with Crippen molar-refractivity contribution in [1.82, 2.24) is 4.72 Å². The number of ether oxygens (including phenoxy) is 1. The van der Waals surface area contributed by atoms with E-state index >= 15 is 0 Å². The second-order valence-electron chi connectivity index (χ2n) is 5.34. The normalized spacial score (nSPS) is 11.2. The molecule has 1 N–H and O–H groups in total. The molecular weight excluding hydrogens is 402 g/mol. The fourth-order valence-corrected chi connectivity index (χ4v) is 3.50. The molecule has 0 unspecified atom stereocenters. The van der Waals surface area contributed by atoms with Gasteiger partial charge in [-0.3, -0.25) is 0 Å². The summed E-state index contributed by atoms with van der Waals surface area (Å²) in [5.74, 6) is 1.39. The Bertz CT molecular complexity index is 942. The molecule has 0 heterocycles. The van der Waals surface area contributed by atoms with Crippen molar-refractivity contribution >= 4 is 26.0 Å². The highest BCUT2D eigenvalue weighted by molar-refractivity contribution is 9.10. The Kier molecular flexibility index (Phi) is 5.53. The lowest BCUT2D eigenvalue weighted by Crippen LogP contribution is -2.23. The first-order chi connectivity index (χ1) is 12.0. The van der Waals surface area contributed by atoms with Crippen LogP contribution in [0.3, 0.4) is 0 Å². The van der Waals surface area contributed by atoms with Gasteiger partial charge in [0.25, 0.3) is 0 Å². The quantitative estimate of drug-likeness (QED) is 0.630. The van der Waals surface area contributed by atoms with Crippen molar-refractivity contribution in [3.8, 4) is 11.5 Å². The van der Waals surface area contributed by atoms with Gasteiger partial charge in [0.15, 0.2) is 0 Å². The lowest BCUT2D eigenvalue weighted by atomic mass is 10.2. The molecule has 0 amide bonds. The first-order valence-electron chi connectivity index (χ1n) is 7.60. The Labute approximate surface area is 155 Å². The summed E-state index contributed by atoms with van der Waals surface area (Å²) < 4.78 is 33.9. The molecule has 0 atom stereocenters. The molecule has 0 aliphatic carbocycles. The summed E-state index contributed by atoms with van der Waals surface area (Å²) >= 11 is 3.29. The van der Waals surface area contributed by atoms with Crippen LogP contribution < -0.4 is 9.46 Å². The van der Waals surface area contributed by atoms with Crippen molar-refractivity contribution in [3.05, 3.63) is 88.9 Å². The van der Waals surface area contributed by atoms with Gasteiger partial charge in [0.05, 0.1) is 4.90 Å². The minimum Gasteiger partial charge on any atom is -0.457 e. The molecule has 0 bridgehead atoms. The van der Waals surface area contributed by atoms with Crippen LogP contribution in [0.4, 0.5) is 0 Å². The van der Waals surface area contributed by atoms with E-state index in [1.54, 1.807) is 24.3 Å². The molecule has 3 aromatic rings. The number of sulfonamides is 1. The van der Waals surface area contributed by atoms with Crippen molar-refractivity contribution in [3.63, 3.8) is 0 Å². The molecule has 25 heavy (non-hydrogen) atoms. The van der Waals surface area contributed by atoms with Gasteiger partial charge in [-0.25, -0.2) is 13.1 Å². The van der Waals surface area contributed by atoms with Crippen molar-refractivity contribution in [2.75, 3.05) is 0 Å². The van der Waals surface area contributed by atoms with E-state index in [1.807, 2.05) is 54.6 Å². The van der Waals surface area contributed by atoms with Crippen LogP contribution in [0, 0.1) is 0 Å². The summed E-state index contributed by atoms with van der Waals surface area (Å²) in [5.41, 5.74) is 0.814. The monoisotopic (exact) mass is 417 g/mol. The summed E-state index contributed by atoms with van der Waals surface area (Å²) in [6, 6.07) is 23.3. The minimum atomic E-state index is -3.56. The maximum Gasteiger partial charge on any atom is 0.240 e. The molecule has 0 fully saturated rings. The van der Waals surface area contributed by atoms with E-state index in [1.165, 1.54) is 0 Å². The topological polar surface area (TPSA) is 55.4 Å². The fraction of sp³-hybridized carbons (Fsp3) is 0.0526. The van der Waals surface area contributed by atoms with E-state index in [0.717, 1.165) is 15.8 Å². The van der Waals surface area contributed by atoms with Crippen LogP contribution in [0.2, 0.25) is 0 Å². The Hall–Kier alpha value is -2.15. The number of nitrogens with one attached hydrogen (secondary N) is 1. The number of hydrogen-bond donors (Lipinski definition) is 1. The average molecular weight is 418 g/mol. The highest BCUT2D eigenvalue weighted by atomic mass is 79.9. The molecule has 0 saturated carbocycles. The van der Waals surface area contributed by atoms with Gasteiger partial charge in [-0.05, 0) is 54.1 Å². The molecule has 0 aromatic heterocycles. The van der Waals surface area contributed by atoms with Crippen molar-refractivity contribution < 1.29 is 13.2 Å². The number of halogens is 1. The van der Waals surface area contributed by atoms with E-state index < -0.39 is 10.0 Å². The Balaban J connectivity index is 1.69. The smallest absolute Gasteiger partial charge is 0.240 e. The van der Waals surface area contributed by atoms with Gasteiger partial charge in [0.2, 0.25) is 10.0 Å². The van der Waals surface area contributed by atoms with Gasteiger partial charge in [0.1, 0.15) is 11.5 Å². The lowest BCUT2D eigenvalue weighted by Gasteiger charge is -2.09. The third-order valence-corrected chi connectivity index (χ3v) is 5.41. The van der Waals surface area contributed by atoms with Crippen LogP contribution in [0.25, 0.3) is 0 Å². The highest BCUT2D eigenvalue weighted by Crippen LogP contribution is 2.22. The molecule has 0 radical (unpaired) electrons. The molecule has 0 aliphatic rings. The van der Waals surface area contributed by atoms with Crippen molar-refractivity contribution in [1.29, 1.82) is 0 Å². The summed E-state index contributed by atoms with van der Waals surface area (Å²) in [5, 5.41) is 0. The molecule has 3 aromatic carbocycles.